The van der Waals surface area contributed by atoms with Crippen LogP contribution >= 0.6 is 22.9 Å². The molecular weight excluding hydrogens is 475 g/mol. The Kier molecular flexibility index (Phi) is 5.20. The van der Waals surface area contributed by atoms with E-state index in [0.29, 0.717) is 5.56 Å². The number of nitrogens with zero attached hydrogens (tertiary/aromatic N) is 3. The van der Waals surface area contributed by atoms with Crippen molar-refractivity contribution in [3.05, 3.63) is 70.8 Å². The highest BCUT2D eigenvalue weighted by atomic mass is 35.5. The lowest BCUT2D eigenvalue weighted by Gasteiger charge is -2.34. The average Bonchev–Trinajstić information content (AvgIpc) is 3.36. The van der Waals surface area contributed by atoms with Gasteiger partial charge in [-0.15, -0.1) is 11.3 Å². The third-order valence-electron chi connectivity index (χ3n) is 4.49. The van der Waals surface area contributed by atoms with Crippen molar-refractivity contribution in [2.24, 2.45) is 5.14 Å². The Labute approximate surface area is 184 Å². The number of hydrazine groups is 1. The maximum absolute atomic E-state index is 13.4. The Bertz CT molecular complexity index is 1230. The van der Waals surface area contributed by atoms with Crippen LogP contribution in [0.5, 0.6) is 0 Å². The Balaban J connectivity index is 1.76. The summed E-state index contributed by atoms with van der Waals surface area (Å²) in [6, 6.07) is 8.94. The number of allylic oxidation sites excluding steroid dienone is 1. The molecule has 13 heteroatoms. The molecule has 162 valence electrons. The molecule has 0 aliphatic carbocycles. The molecule has 7 nitrogen and oxygen atoms in total. The number of hydrogen-bond acceptors (Lipinski definition) is 7. The predicted molar refractivity (Wildman–Crippen MR) is 110 cm³/mol. The first kappa shape index (κ1) is 21.6. The van der Waals surface area contributed by atoms with Gasteiger partial charge in [0.25, 0.3) is 10.0 Å². The Morgan fingerprint density at radius 2 is 1.84 bits per heavy atom. The molecule has 0 spiro atoms. The summed E-state index contributed by atoms with van der Waals surface area (Å²) in [5.41, 5.74) is 4.80. The van der Waals surface area contributed by atoms with Crippen LogP contribution in [0.15, 0.2) is 70.3 Å². The number of alkyl halides is 4. The predicted octanol–water partition coefficient (Wildman–Crippen LogP) is 3.72. The number of anilines is 1. The van der Waals surface area contributed by atoms with E-state index >= 15 is 0 Å². The molecule has 3 N–H and O–H groups in total. The first-order chi connectivity index (χ1) is 14.5. The molecule has 0 saturated carbocycles. The maximum Gasteiger partial charge on any atom is 0.432 e. The van der Waals surface area contributed by atoms with Crippen molar-refractivity contribution in [1.82, 2.24) is 15.4 Å². The summed E-state index contributed by atoms with van der Waals surface area (Å²) in [6.07, 6.45) is -2.77. The monoisotopic (exact) mass is 487 g/mol. The number of thiazole rings is 1. The second kappa shape index (κ2) is 7.48. The minimum atomic E-state index is -4.69. The number of benzene rings is 1. The van der Waals surface area contributed by atoms with Crippen LogP contribution < -0.4 is 15.6 Å². The largest absolute Gasteiger partial charge is 0.432 e. The fourth-order valence-electron chi connectivity index (χ4n) is 3.00. The number of nitrogens with two attached hydrogens (primary N) is 1. The summed E-state index contributed by atoms with van der Waals surface area (Å²) in [7, 11) is -4.07. The molecule has 1 aromatic carbocycles. The molecule has 0 fully saturated rings. The van der Waals surface area contributed by atoms with Crippen molar-refractivity contribution in [1.29, 1.82) is 0 Å². The van der Waals surface area contributed by atoms with Crippen molar-refractivity contribution in [3.63, 3.8) is 0 Å². The van der Waals surface area contributed by atoms with Crippen LogP contribution in [0.2, 0.25) is 0 Å². The number of hydrogen-bond donors (Lipinski definition) is 2. The van der Waals surface area contributed by atoms with Gasteiger partial charge < -0.3 is 0 Å². The SMILES string of the molecule is NS(=O)(=O)c1ccc(N2NC(C(F)(F)F)=CC2(Cl)c2ccc(-c3cscn3)cc2)cn1. The fourth-order valence-corrected chi connectivity index (χ4v) is 4.40. The number of nitrogens with one attached hydrogen (secondary N) is 1. The normalized spacial score (nSPS) is 19.3. The van der Waals surface area contributed by atoms with Crippen LogP contribution in [-0.4, -0.2) is 24.6 Å². The molecule has 0 amide bonds. The molecule has 3 aromatic rings. The van der Waals surface area contributed by atoms with E-state index in [0.717, 1.165) is 34.6 Å². The Morgan fingerprint density at radius 1 is 1.13 bits per heavy atom. The molecule has 0 bridgehead atoms. The van der Waals surface area contributed by atoms with Gasteiger partial charge in [-0.25, -0.2) is 23.5 Å². The highest BCUT2D eigenvalue weighted by Crippen LogP contribution is 2.45. The van der Waals surface area contributed by atoms with E-state index in [4.69, 9.17) is 16.7 Å². The lowest BCUT2D eigenvalue weighted by molar-refractivity contribution is -0.0958. The zero-order chi connectivity index (χ0) is 22.4. The van der Waals surface area contributed by atoms with Crippen molar-refractivity contribution < 1.29 is 21.6 Å². The summed E-state index contributed by atoms with van der Waals surface area (Å²) < 4.78 is 63.2. The smallest absolute Gasteiger partial charge is 0.292 e. The molecule has 0 radical (unpaired) electrons. The van der Waals surface area contributed by atoms with Crippen LogP contribution in [-0.2, 0) is 15.0 Å². The van der Waals surface area contributed by atoms with Crippen LogP contribution in [0.1, 0.15) is 5.56 Å². The van der Waals surface area contributed by atoms with E-state index in [-0.39, 0.29) is 5.69 Å². The standard InChI is InChI=1S/C18H13ClF3N5O2S2/c19-17(12-3-1-11(2-4-12)14-9-30-10-25-14)7-15(18(20,21)22)26-27(17)13-5-6-16(24-8-13)31(23,28)29/h1-10,26H,(H2,23,28,29). The Morgan fingerprint density at radius 3 is 2.35 bits per heavy atom. The Hall–Kier alpha value is -2.67. The molecule has 4 rings (SSSR count). The van der Waals surface area contributed by atoms with Gasteiger partial charge in [0, 0.05) is 10.9 Å². The zero-order valence-corrected chi connectivity index (χ0v) is 17.7. The van der Waals surface area contributed by atoms with Crippen molar-refractivity contribution in [2.45, 2.75) is 16.2 Å². The van der Waals surface area contributed by atoms with Crippen molar-refractivity contribution in [2.75, 3.05) is 5.01 Å². The first-order valence-electron chi connectivity index (χ1n) is 8.52. The number of pyridine rings is 1. The van der Waals surface area contributed by atoms with Crippen LogP contribution in [0.25, 0.3) is 11.3 Å². The van der Waals surface area contributed by atoms with E-state index in [2.05, 4.69) is 15.4 Å². The summed E-state index contributed by atoms with van der Waals surface area (Å²) in [5, 5.41) is 7.50. The summed E-state index contributed by atoms with van der Waals surface area (Å²) in [4.78, 5) is 6.16. The maximum atomic E-state index is 13.4. The van der Waals surface area contributed by atoms with Gasteiger partial charge in [0.2, 0.25) is 0 Å². The van der Waals surface area contributed by atoms with Gasteiger partial charge in [0.15, 0.2) is 10.0 Å². The third kappa shape index (κ3) is 4.11. The lowest BCUT2D eigenvalue weighted by atomic mass is 10.0. The summed E-state index contributed by atoms with van der Waals surface area (Å²) in [6.45, 7) is 0. The molecule has 1 unspecified atom stereocenters. The van der Waals surface area contributed by atoms with E-state index < -0.39 is 31.9 Å². The van der Waals surface area contributed by atoms with E-state index in [9.17, 15) is 21.6 Å². The highest BCUT2D eigenvalue weighted by Gasteiger charge is 2.48. The van der Waals surface area contributed by atoms with Gasteiger partial charge >= 0.3 is 6.18 Å². The fraction of sp³-hybridized carbons (Fsp3) is 0.111. The molecule has 1 aliphatic rings. The molecule has 31 heavy (non-hydrogen) atoms. The minimum Gasteiger partial charge on any atom is -0.292 e. The second-order valence-corrected chi connectivity index (χ2v) is 9.33. The van der Waals surface area contributed by atoms with Crippen LogP contribution in [0.4, 0.5) is 18.9 Å². The number of aromatic nitrogens is 2. The van der Waals surface area contributed by atoms with Crippen LogP contribution in [0.3, 0.4) is 0 Å². The topological polar surface area (TPSA) is 101 Å². The quantitative estimate of drug-likeness (QED) is 0.429. The third-order valence-corrected chi connectivity index (χ3v) is 6.39. The van der Waals surface area contributed by atoms with Gasteiger partial charge in [-0.2, -0.15) is 13.2 Å². The molecule has 2 aromatic heterocycles. The molecule has 0 saturated heterocycles. The summed E-state index contributed by atoms with van der Waals surface area (Å²) >= 11 is 8.13. The molecule has 1 atom stereocenters. The molecular formula is C18H13ClF3N5O2S2. The highest BCUT2D eigenvalue weighted by molar-refractivity contribution is 7.89. The van der Waals surface area contributed by atoms with E-state index in [1.165, 1.54) is 17.4 Å². The van der Waals surface area contributed by atoms with Crippen molar-refractivity contribution in [3.8, 4) is 11.3 Å². The summed E-state index contributed by atoms with van der Waals surface area (Å²) in [5.74, 6) is 0. The second-order valence-electron chi connectivity index (χ2n) is 6.53. The van der Waals surface area contributed by atoms with E-state index in [1.807, 2.05) is 5.38 Å². The molecule has 3 heterocycles. The zero-order valence-electron chi connectivity index (χ0n) is 15.3. The van der Waals surface area contributed by atoms with Gasteiger partial charge in [0.1, 0.15) is 5.70 Å². The van der Waals surface area contributed by atoms with Gasteiger partial charge in [-0.05, 0) is 23.8 Å². The van der Waals surface area contributed by atoms with Crippen LogP contribution in [0, 0.1) is 0 Å². The number of primary sulfonamides is 1. The van der Waals surface area contributed by atoms with Crippen molar-refractivity contribution >= 4 is 38.6 Å². The van der Waals surface area contributed by atoms with Gasteiger partial charge in [0.05, 0.1) is 23.1 Å². The lowest BCUT2D eigenvalue weighted by Crippen LogP contribution is -2.45. The van der Waals surface area contributed by atoms with Gasteiger partial charge in [-0.1, -0.05) is 35.9 Å². The van der Waals surface area contributed by atoms with Gasteiger partial charge in [-0.3, -0.25) is 10.4 Å². The average molecular weight is 488 g/mol. The number of halogens is 4. The molecule has 1 aliphatic heterocycles. The number of sulfonamides is 1. The first-order valence-corrected chi connectivity index (χ1v) is 11.4. The van der Waals surface area contributed by atoms with E-state index in [1.54, 1.807) is 29.8 Å². The number of rotatable bonds is 4. The minimum absolute atomic E-state index is 0.0986.